The maximum atomic E-state index is 5.82. The van der Waals surface area contributed by atoms with Crippen molar-refractivity contribution in [3.8, 4) is 5.88 Å². The van der Waals surface area contributed by atoms with Crippen LogP contribution in [0.25, 0.3) is 11.2 Å². The fraction of sp³-hybridized carbons (Fsp3) is 0.583. The summed E-state index contributed by atoms with van der Waals surface area (Å²) in [7, 11) is 1.57. The Hall–Kier alpha value is -1.40. The molecule has 2 heterocycles. The molecule has 0 aliphatic rings. The number of aromatic nitrogens is 4. The maximum absolute atomic E-state index is 5.82. The van der Waals surface area contributed by atoms with Crippen LogP contribution in [0.1, 0.15) is 12.7 Å². The lowest BCUT2D eigenvalue weighted by Gasteiger charge is -2.07. The molecule has 0 aliphatic heterocycles. The Morgan fingerprint density at radius 1 is 1.37 bits per heavy atom. The van der Waals surface area contributed by atoms with Gasteiger partial charge in [0.1, 0.15) is 12.2 Å². The Kier molecular flexibility index (Phi) is 4.93. The highest BCUT2D eigenvalue weighted by molar-refractivity contribution is 6.17. The fourth-order valence-electron chi connectivity index (χ4n) is 1.92. The number of rotatable bonds is 7. The third kappa shape index (κ3) is 2.96. The van der Waals surface area contributed by atoms with E-state index in [0.717, 1.165) is 11.5 Å². The van der Waals surface area contributed by atoms with E-state index >= 15 is 0 Å². The number of methoxy groups -OCH3 is 1. The lowest BCUT2D eigenvalue weighted by atomic mass is 10.4. The molecular weight excluding hydrogens is 268 g/mol. The molecule has 19 heavy (non-hydrogen) atoms. The van der Waals surface area contributed by atoms with Crippen molar-refractivity contribution in [2.24, 2.45) is 0 Å². The third-order valence-electron chi connectivity index (χ3n) is 2.75. The zero-order chi connectivity index (χ0) is 13.7. The molecule has 104 valence electrons. The lowest BCUT2D eigenvalue weighted by molar-refractivity contribution is 0.139. The summed E-state index contributed by atoms with van der Waals surface area (Å²) in [5.41, 5.74) is 1.42. The van der Waals surface area contributed by atoms with Crippen molar-refractivity contribution < 1.29 is 9.47 Å². The molecule has 2 aromatic heterocycles. The first-order valence-corrected chi connectivity index (χ1v) is 6.73. The second-order valence-electron chi connectivity index (χ2n) is 3.87. The normalized spacial score (nSPS) is 11.1. The molecule has 0 unspecified atom stereocenters. The summed E-state index contributed by atoms with van der Waals surface area (Å²) < 4.78 is 12.6. The van der Waals surface area contributed by atoms with Crippen LogP contribution in [0.5, 0.6) is 5.88 Å². The Bertz CT molecular complexity index is 544. The Labute approximate surface area is 116 Å². The van der Waals surface area contributed by atoms with Gasteiger partial charge < -0.3 is 14.0 Å². The van der Waals surface area contributed by atoms with Crippen molar-refractivity contribution in [1.29, 1.82) is 0 Å². The van der Waals surface area contributed by atoms with Crippen LogP contribution in [-0.2, 0) is 17.7 Å². The SMILES string of the molecule is CCOCCn1c(CCCl)nc2c(OC)ncnc21. The van der Waals surface area contributed by atoms with E-state index in [1.165, 1.54) is 6.33 Å². The van der Waals surface area contributed by atoms with Gasteiger partial charge in [0.15, 0.2) is 11.2 Å². The standard InChI is InChI=1S/C12H17ClN4O2/c1-3-19-7-6-17-9(4-5-13)16-10-11(17)14-8-15-12(10)18-2/h8H,3-7H2,1-2H3. The zero-order valence-corrected chi connectivity index (χ0v) is 11.9. The van der Waals surface area contributed by atoms with E-state index in [0.29, 0.717) is 43.5 Å². The molecule has 2 rings (SSSR count). The molecule has 0 aliphatic carbocycles. The lowest BCUT2D eigenvalue weighted by Crippen LogP contribution is -2.10. The fourth-order valence-corrected chi connectivity index (χ4v) is 2.09. The van der Waals surface area contributed by atoms with Crippen molar-refractivity contribution in [1.82, 2.24) is 19.5 Å². The van der Waals surface area contributed by atoms with Gasteiger partial charge in [-0.3, -0.25) is 0 Å². The van der Waals surface area contributed by atoms with Crippen LogP contribution in [0.4, 0.5) is 0 Å². The maximum Gasteiger partial charge on any atom is 0.245 e. The van der Waals surface area contributed by atoms with E-state index < -0.39 is 0 Å². The minimum Gasteiger partial charge on any atom is -0.479 e. The van der Waals surface area contributed by atoms with Crippen molar-refractivity contribution in [2.75, 3.05) is 26.2 Å². The molecule has 6 nitrogen and oxygen atoms in total. The van der Waals surface area contributed by atoms with Crippen molar-refractivity contribution in [2.45, 2.75) is 19.9 Å². The Morgan fingerprint density at radius 2 is 2.21 bits per heavy atom. The highest BCUT2D eigenvalue weighted by Crippen LogP contribution is 2.21. The molecule has 0 saturated heterocycles. The highest BCUT2D eigenvalue weighted by atomic mass is 35.5. The van der Waals surface area contributed by atoms with Gasteiger partial charge in [-0.25, -0.2) is 9.97 Å². The monoisotopic (exact) mass is 284 g/mol. The van der Waals surface area contributed by atoms with Crippen LogP contribution in [0.15, 0.2) is 6.33 Å². The molecule has 2 aromatic rings. The number of aryl methyl sites for hydroxylation is 1. The van der Waals surface area contributed by atoms with Crippen LogP contribution >= 0.6 is 11.6 Å². The summed E-state index contributed by atoms with van der Waals surface area (Å²) in [5, 5.41) is 0. The van der Waals surface area contributed by atoms with Gasteiger partial charge in [0.2, 0.25) is 5.88 Å². The number of hydrogen-bond donors (Lipinski definition) is 0. The van der Waals surface area contributed by atoms with Gasteiger partial charge in [-0.05, 0) is 6.92 Å². The largest absolute Gasteiger partial charge is 0.479 e. The molecular formula is C12H17ClN4O2. The topological polar surface area (TPSA) is 62.1 Å². The third-order valence-corrected chi connectivity index (χ3v) is 2.94. The van der Waals surface area contributed by atoms with Gasteiger partial charge in [-0.2, -0.15) is 4.98 Å². The van der Waals surface area contributed by atoms with E-state index in [-0.39, 0.29) is 0 Å². The number of hydrogen-bond acceptors (Lipinski definition) is 5. The summed E-state index contributed by atoms with van der Waals surface area (Å²) in [6.45, 7) is 3.97. The zero-order valence-electron chi connectivity index (χ0n) is 11.1. The van der Waals surface area contributed by atoms with Crippen molar-refractivity contribution in [3.05, 3.63) is 12.2 Å². The number of nitrogens with zero attached hydrogens (tertiary/aromatic N) is 4. The average molecular weight is 285 g/mol. The Balaban J connectivity index is 2.41. The van der Waals surface area contributed by atoms with Gasteiger partial charge in [0, 0.05) is 25.5 Å². The van der Waals surface area contributed by atoms with E-state index in [4.69, 9.17) is 21.1 Å². The summed E-state index contributed by atoms with van der Waals surface area (Å²) in [6, 6.07) is 0. The van der Waals surface area contributed by atoms with E-state index in [2.05, 4.69) is 15.0 Å². The summed E-state index contributed by atoms with van der Waals surface area (Å²) in [4.78, 5) is 12.9. The first-order valence-electron chi connectivity index (χ1n) is 6.19. The molecule has 0 spiro atoms. The quantitative estimate of drug-likeness (QED) is 0.571. The first-order chi connectivity index (χ1) is 9.31. The second kappa shape index (κ2) is 6.68. The van der Waals surface area contributed by atoms with E-state index in [1.54, 1.807) is 7.11 Å². The summed E-state index contributed by atoms with van der Waals surface area (Å²) in [6.07, 6.45) is 2.15. The molecule has 0 aromatic carbocycles. The molecule has 0 amide bonds. The van der Waals surface area contributed by atoms with E-state index in [1.807, 2.05) is 11.5 Å². The minimum atomic E-state index is 0.482. The molecule has 0 radical (unpaired) electrons. The summed E-state index contributed by atoms with van der Waals surface area (Å²) >= 11 is 5.82. The average Bonchev–Trinajstić information content (AvgIpc) is 2.77. The molecule has 0 atom stereocenters. The van der Waals surface area contributed by atoms with Crippen LogP contribution in [0.3, 0.4) is 0 Å². The van der Waals surface area contributed by atoms with Crippen LogP contribution in [0.2, 0.25) is 0 Å². The molecule has 0 fully saturated rings. The smallest absolute Gasteiger partial charge is 0.245 e. The van der Waals surface area contributed by atoms with Gasteiger partial charge in [-0.15, -0.1) is 11.6 Å². The van der Waals surface area contributed by atoms with Gasteiger partial charge >= 0.3 is 0 Å². The van der Waals surface area contributed by atoms with Crippen molar-refractivity contribution in [3.63, 3.8) is 0 Å². The molecule has 0 bridgehead atoms. The molecule has 0 saturated carbocycles. The van der Waals surface area contributed by atoms with Gasteiger partial charge in [0.25, 0.3) is 0 Å². The molecule has 7 heteroatoms. The van der Waals surface area contributed by atoms with Crippen molar-refractivity contribution >= 4 is 22.8 Å². The van der Waals surface area contributed by atoms with Crippen LogP contribution < -0.4 is 4.74 Å². The van der Waals surface area contributed by atoms with E-state index in [9.17, 15) is 0 Å². The number of ether oxygens (including phenoxy) is 2. The second-order valence-corrected chi connectivity index (χ2v) is 4.25. The number of imidazole rings is 1. The highest BCUT2D eigenvalue weighted by Gasteiger charge is 2.15. The molecule has 0 N–H and O–H groups in total. The predicted octanol–water partition coefficient (Wildman–Crippen LogP) is 1.65. The minimum absolute atomic E-state index is 0.482. The Morgan fingerprint density at radius 3 is 2.89 bits per heavy atom. The van der Waals surface area contributed by atoms with Gasteiger partial charge in [-0.1, -0.05) is 0 Å². The summed E-state index contributed by atoms with van der Waals surface area (Å²) in [5.74, 6) is 1.87. The predicted molar refractivity (Wildman–Crippen MR) is 72.8 cm³/mol. The number of halogens is 1. The van der Waals surface area contributed by atoms with Crippen LogP contribution in [0, 0.1) is 0 Å². The number of fused-ring (bicyclic) bond motifs is 1. The van der Waals surface area contributed by atoms with Crippen LogP contribution in [-0.4, -0.2) is 45.7 Å². The van der Waals surface area contributed by atoms with Gasteiger partial charge in [0.05, 0.1) is 13.7 Å². The number of alkyl halides is 1. The first kappa shape index (κ1) is 14.0.